The number of rotatable bonds is 6. The van der Waals surface area contributed by atoms with Crippen molar-refractivity contribution in [2.75, 3.05) is 39.3 Å². The highest BCUT2D eigenvalue weighted by Gasteiger charge is 2.20. The second-order valence-electron chi connectivity index (χ2n) is 6.68. The molecular weight excluding hydrogens is 357 g/mol. The van der Waals surface area contributed by atoms with Crippen LogP contribution in [0.3, 0.4) is 0 Å². The second-order valence-corrected chi connectivity index (χ2v) is 6.68. The Kier molecular flexibility index (Phi) is 6.92. The lowest BCUT2D eigenvalue weighted by molar-refractivity contribution is -0.131. The average molecular weight is 381 g/mol. The number of carbonyl (C=O) groups excluding carboxylic acids is 2. The van der Waals surface area contributed by atoms with E-state index in [1.165, 1.54) is 29.8 Å². The minimum Gasteiger partial charge on any atom is -0.343 e. The van der Waals surface area contributed by atoms with Gasteiger partial charge in [-0.1, -0.05) is 42.5 Å². The number of amides is 2. The Morgan fingerprint density at radius 2 is 1.64 bits per heavy atom. The molecular formula is C22H24FN3O2. The predicted molar refractivity (Wildman–Crippen MR) is 107 cm³/mol. The molecule has 3 rings (SSSR count). The first-order valence-electron chi connectivity index (χ1n) is 9.37. The van der Waals surface area contributed by atoms with Crippen LogP contribution in [0.15, 0.2) is 60.7 Å². The molecule has 0 atom stereocenters. The molecule has 0 spiro atoms. The van der Waals surface area contributed by atoms with Crippen molar-refractivity contribution >= 4 is 17.9 Å². The Labute approximate surface area is 164 Å². The highest BCUT2D eigenvalue weighted by molar-refractivity contribution is 5.96. The third-order valence-electron chi connectivity index (χ3n) is 4.71. The van der Waals surface area contributed by atoms with Crippen molar-refractivity contribution in [1.29, 1.82) is 0 Å². The van der Waals surface area contributed by atoms with Crippen LogP contribution in [0.2, 0.25) is 0 Å². The molecule has 0 unspecified atom stereocenters. The maximum absolute atomic E-state index is 12.9. The van der Waals surface area contributed by atoms with Gasteiger partial charge in [0.1, 0.15) is 5.82 Å². The van der Waals surface area contributed by atoms with E-state index in [4.69, 9.17) is 0 Å². The minimum atomic E-state index is -0.399. The monoisotopic (exact) mass is 381 g/mol. The van der Waals surface area contributed by atoms with Gasteiger partial charge in [-0.25, -0.2) is 4.39 Å². The number of benzene rings is 2. The van der Waals surface area contributed by atoms with Crippen LogP contribution in [0.25, 0.3) is 6.08 Å². The van der Waals surface area contributed by atoms with Gasteiger partial charge in [-0.15, -0.1) is 0 Å². The smallest absolute Gasteiger partial charge is 0.251 e. The number of nitrogens with zero attached hydrogens (tertiary/aromatic N) is 2. The summed E-state index contributed by atoms with van der Waals surface area (Å²) in [5, 5.41) is 2.60. The van der Waals surface area contributed by atoms with E-state index in [0.29, 0.717) is 18.7 Å². The molecule has 0 aromatic heterocycles. The van der Waals surface area contributed by atoms with Crippen molar-refractivity contribution in [2.24, 2.45) is 0 Å². The molecule has 2 amide bonds. The van der Waals surface area contributed by atoms with Crippen LogP contribution >= 0.6 is 0 Å². The van der Waals surface area contributed by atoms with Gasteiger partial charge in [0, 0.05) is 38.3 Å². The first-order chi connectivity index (χ1) is 13.6. The van der Waals surface area contributed by atoms with Gasteiger partial charge in [0.05, 0.1) is 6.54 Å². The Bertz CT molecular complexity index is 813. The van der Waals surface area contributed by atoms with Gasteiger partial charge in [0.2, 0.25) is 5.91 Å². The molecule has 2 aromatic carbocycles. The normalized spacial score (nSPS) is 15.0. The maximum Gasteiger partial charge on any atom is 0.251 e. The summed E-state index contributed by atoms with van der Waals surface area (Å²) in [6.45, 7) is 3.69. The summed E-state index contributed by atoms with van der Waals surface area (Å²) in [6.07, 6.45) is 4.23. The first-order valence-corrected chi connectivity index (χ1v) is 9.37. The van der Waals surface area contributed by atoms with Crippen molar-refractivity contribution in [1.82, 2.24) is 15.1 Å². The number of halogens is 1. The van der Waals surface area contributed by atoms with Crippen LogP contribution in [0.1, 0.15) is 15.9 Å². The van der Waals surface area contributed by atoms with Crippen molar-refractivity contribution in [2.45, 2.75) is 0 Å². The molecule has 1 aliphatic rings. The van der Waals surface area contributed by atoms with Crippen molar-refractivity contribution in [3.05, 3.63) is 77.6 Å². The van der Waals surface area contributed by atoms with Crippen LogP contribution in [0, 0.1) is 5.82 Å². The molecule has 146 valence electrons. The Hall–Kier alpha value is -2.99. The molecule has 0 radical (unpaired) electrons. The molecule has 1 heterocycles. The van der Waals surface area contributed by atoms with E-state index in [9.17, 15) is 14.0 Å². The third kappa shape index (κ3) is 5.76. The lowest BCUT2D eigenvalue weighted by Crippen LogP contribution is -2.51. The number of hydrogen-bond acceptors (Lipinski definition) is 3. The van der Waals surface area contributed by atoms with E-state index in [1.807, 2.05) is 18.2 Å². The van der Waals surface area contributed by atoms with Gasteiger partial charge >= 0.3 is 0 Å². The largest absolute Gasteiger partial charge is 0.343 e. The number of hydrogen-bond donors (Lipinski definition) is 1. The summed E-state index contributed by atoms with van der Waals surface area (Å²) in [5.74, 6) is -0.878. The Morgan fingerprint density at radius 3 is 2.32 bits per heavy atom. The molecule has 1 fully saturated rings. The van der Waals surface area contributed by atoms with Crippen LogP contribution in [0.5, 0.6) is 0 Å². The van der Waals surface area contributed by atoms with E-state index in [1.54, 1.807) is 4.90 Å². The molecule has 0 saturated carbocycles. The van der Waals surface area contributed by atoms with Gasteiger partial charge < -0.3 is 10.2 Å². The molecule has 28 heavy (non-hydrogen) atoms. The van der Waals surface area contributed by atoms with E-state index < -0.39 is 5.82 Å². The average Bonchev–Trinajstić information content (AvgIpc) is 2.73. The van der Waals surface area contributed by atoms with Crippen molar-refractivity contribution < 1.29 is 14.0 Å². The van der Waals surface area contributed by atoms with Crippen LogP contribution in [-0.4, -0.2) is 60.9 Å². The van der Waals surface area contributed by atoms with E-state index >= 15 is 0 Å². The van der Waals surface area contributed by atoms with Crippen LogP contribution in [-0.2, 0) is 4.79 Å². The number of piperazine rings is 1. The number of nitrogens with one attached hydrogen (secondary N) is 1. The second kappa shape index (κ2) is 9.80. The molecule has 2 aromatic rings. The fraction of sp³-hybridized carbons (Fsp3) is 0.273. The van der Waals surface area contributed by atoms with Gasteiger partial charge in [0.25, 0.3) is 5.91 Å². The van der Waals surface area contributed by atoms with Gasteiger partial charge in [-0.05, 0) is 29.8 Å². The lowest BCUT2D eigenvalue weighted by atomic mass is 10.2. The zero-order chi connectivity index (χ0) is 19.8. The van der Waals surface area contributed by atoms with Crippen molar-refractivity contribution in [3.63, 3.8) is 0 Å². The Morgan fingerprint density at radius 1 is 0.964 bits per heavy atom. The fourth-order valence-corrected chi connectivity index (χ4v) is 3.05. The van der Waals surface area contributed by atoms with E-state index in [2.05, 4.69) is 34.5 Å². The summed E-state index contributed by atoms with van der Waals surface area (Å²) >= 11 is 0. The summed E-state index contributed by atoms with van der Waals surface area (Å²) in [5.41, 5.74) is 1.51. The SMILES string of the molecule is O=C(NCC(=O)N1CCN(C/C=C/c2ccccc2)CC1)c1ccc(F)cc1. The van der Waals surface area contributed by atoms with Gasteiger partial charge in [-0.3, -0.25) is 14.5 Å². The standard InChI is InChI=1S/C22H24FN3O2/c23-20-10-8-19(9-11-20)22(28)24-17-21(27)26-15-13-25(14-16-26)12-4-7-18-5-2-1-3-6-18/h1-11H,12-17H2,(H,24,28)/b7-4+. The van der Waals surface area contributed by atoms with Gasteiger partial charge in [0.15, 0.2) is 0 Å². The quantitative estimate of drug-likeness (QED) is 0.836. The summed E-state index contributed by atoms with van der Waals surface area (Å²) in [6, 6.07) is 15.4. The third-order valence-corrected chi connectivity index (χ3v) is 4.71. The zero-order valence-electron chi connectivity index (χ0n) is 15.7. The van der Waals surface area contributed by atoms with Crippen LogP contribution in [0.4, 0.5) is 4.39 Å². The molecule has 1 aliphatic heterocycles. The Balaban J connectivity index is 1.38. The molecule has 0 bridgehead atoms. The fourth-order valence-electron chi connectivity index (χ4n) is 3.05. The molecule has 1 saturated heterocycles. The van der Waals surface area contributed by atoms with Gasteiger partial charge in [-0.2, -0.15) is 0 Å². The van der Waals surface area contributed by atoms with E-state index in [0.717, 1.165) is 19.6 Å². The maximum atomic E-state index is 12.9. The first kappa shape index (κ1) is 19.8. The molecule has 6 heteroatoms. The molecule has 5 nitrogen and oxygen atoms in total. The van der Waals surface area contributed by atoms with Crippen LogP contribution < -0.4 is 5.32 Å². The minimum absolute atomic E-state index is 0.0515. The lowest BCUT2D eigenvalue weighted by Gasteiger charge is -2.34. The molecule has 1 N–H and O–H groups in total. The van der Waals surface area contributed by atoms with Crippen molar-refractivity contribution in [3.8, 4) is 0 Å². The highest BCUT2D eigenvalue weighted by Crippen LogP contribution is 2.06. The summed E-state index contributed by atoms with van der Waals surface area (Å²) in [4.78, 5) is 28.4. The predicted octanol–water partition coefficient (Wildman–Crippen LogP) is 2.41. The molecule has 0 aliphatic carbocycles. The highest BCUT2D eigenvalue weighted by atomic mass is 19.1. The topological polar surface area (TPSA) is 52.7 Å². The zero-order valence-corrected chi connectivity index (χ0v) is 15.7. The summed E-state index contributed by atoms with van der Waals surface area (Å²) < 4.78 is 12.9. The summed E-state index contributed by atoms with van der Waals surface area (Å²) in [7, 11) is 0. The number of carbonyl (C=O) groups is 2. The van der Waals surface area contributed by atoms with E-state index in [-0.39, 0.29) is 18.4 Å².